The molecule has 2 aromatic rings. The number of carbonyl (C=O) groups excluding carboxylic acids is 1. The van der Waals surface area contributed by atoms with Crippen molar-refractivity contribution in [3.8, 4) is 5.75 Å². The number of benzene rings is 2. The lowest BCUT2D eigenvalue weighted by Gasteiger charge is -2.36. The number of halogens is 1. The van der Waals surface area contributed by atoms with Gasteiger partial charge in [0.1, 0.15) is 5.75 Å². The van der Waals surface area contributed by atoms with Crippen LogP contribution in [0.15, 0.2) is 48.5 Å². The minimum absolute atomic E-state index is 0.0941. The first-order valence-electron chi connectivity index (χ1n) is 8.32. The van der Waals surface area contributed by atoms with Crippen molar-refractivity contribution < 1.29 is 9.53 Å². The van der Waals surface area contributed by atoms with Gasteiger partial charge in [0.05, 0.1) is 19.3 Å². The summed E-state index contributed by atoms with van der Waals surface area (Å²) < 4.78 is 5.29. The number of nitrogens with zero attached hydrogens (tertiary/aromatic N) is 2. The van der Waals surface area contributed by atoms with Gasteiger partial charge in [0.15, 0.2) is 0 Å². The molecule has 0 atom stereocenters. The van der Waals surface area contributed by atoms with Crippen molar-refractivity contribution in [3.05, 3.63) is 53.6 Å². The van der Waals surface area contributed by atoms with E-state index < -0.39 is 0 Å². The van der Waals surface area contributed by atoms with E-state index in [0.717, 1.165) is 35.2 Å². The van der Waals surface area contributed by atoms with Crippen molar-refractivity contribution in [1.29, 1.82) is 0 Å². The third-order valence-electron chi connectivity index (χ3n) is 4.34. The van der Waals surface area contributed by atoms with Crippen LogP contribution in [0.2, 0.25) is 5.02 Å². The quantitative estimate of drug-likeness (QED) is 0.891. The molecular weight excluding hydrogens is 338 g/mol. The predicted molar refractivity (Wildman–Crippen MR) is 102 cm³/mol. The Kier molecular flexibility index (Phi) is 5.66. The van der Waals surface area contributed by atoms with Crippen LogP contribution in [-0.4, -0.2) is 50.6 Å². The Bertz CT molecular complexity index is 730. The molecule has 1 saturated heterocycles. The van der Waals surface area contributed by atoms with E-state index in [1.54, 1.807) is 7.11 Å². The van der Waals surface area contributed by atoms with Crippen LogP contribution in [0.25, 0.3) is 0 Å². The standard InChI is InChI=1S/C19H22ClN3O2/c1-25-18-8-3-2-7-17(18)21-14-19(24)23-11-9-22(10-12-23)16-6-4-5-15(20)13-16/h2-8,13,21H,9-12,14H2,1H3. The highest BCUT2D eigenvalue weighted by Crippen LogP contribution is 2.23. The summed E-state index contributed by atoms with van der Waals surface area (Å²) in [6.45, 7) is 3.29. The number of amides is 1. The van der Waals surface area contributed by atoms with Gasteiger partial charge in [0, 0.05) is 36.9 Å². The van der Waals surface area contributed by atoms with Gasteiger partial charge in [-0.1, -0.05) is 29.8 Å². The molecule has 0 aromatic heterocycles. The van der Waals surface area contributed by atoms with E-state index in [9.17, 15) is 4.79 Å². The summed E-state index contributed by atoms with van der Waals surface area (Å²) in [5, 5.41) is 3.90. The van der Waals surface area contributed by atoms with E-state index >= 15 is 0 Å². The SMILES string of the molecule is COc1ccccc1NCC(=O)N1CCN(c2cccc(Cl)c2)CC1. The first-order valence-corrected chi connectivity index (χ1v) is 8.70. The topological polar surface area (TPSA) is 44.8 Å². The van der Waals surface area contributed by atoms with Crippen molar-refractivity contribution in [2.75, 3.05) is 50.1 Å². The number of hydrogen-bond donors (Lipinski definition) is 1. The largest absolute Gasteiger partial charge is 0.495 e. The molecule has 2 aromatic carbocycles. The molecule has 5 nitrogen and oxygen atoms in total. The zero-order valence-corrected chi connectivity index (χ0v) is 15.0. The molecule has 0 spiro atoms. The molecule has 0 bridgehead atoms. The number of para-hydroxylation sites is 2. The van der Waals surface area contributed by atoms with Gasteiger partial charge in [-0.2, -0.15) is 0 Å². The van der Waals surface area contributed by atoms with Gasteiger partial charge in [-0.3, -0.25) is 4.79 Å². The zero-order valence-electron chi connectivity index (χ0n) is 14.2. The van der Waals surface area contributed by atoms with Gasteiger partial charge in [-0.25, -0.2) is 0 Å². The number of methoxy groups -OCH3 is 1. The minimum Gasteiger partial charge on any atom is -0.495 e. The molecule has 1 heterocycles. The number of carbonyl (C=O) groups is 1. The Balaban J connectivity index is 1.51. The molecule has 1 amide bonds. The Labute approximate surface area is 153 Å². The summed E-state index contributed by atoms with van der Waals surface area (Å²) in [4.78, 5) is 16.6. The molecule has 25 heavy (non-hydrogen) atoms. The molecule has 0 saturated carbocycles. The van der Waals surface area contributed by atoms with Crippen LogP contribution >= 0.6 is 11.6 Å². The summed E-state index contributed by atoms with van der Waals surface area (Å²) in [6.07, 6.45) is 0. The fraction of sp³-hybridized carbons (Fsp3) is 0.316. The highest BCUT2D eigenvalue weighted by Gasteiger charge is 2.21. The normalized spacial score (nSPS) is 14.3. The van der Waals surface area contributed by atoms with Crippen molar-refractivity contribution in [1.82, 2.24) is 4.90 Å². The number of nitrogens with one attached hydrogen (secondary N) is 1. The lowest BCUT2D eigenvalue weighted by Crippen LogP contribution is -2.50. The van der Waals surface area contributed by atoms with Crippen molar-refractivity contribution >= 4 is 28.9 Å². The molecule has 6 heteroatoms. The fourth-order valence-corrected chi connectivity index (χ4v) is 3.14. The maximum Gasteiger partial charge on any atom is 0.241 e. The molecule has 132 valence electrons. The van der Waals surface area contributed by atoms with Gasteiger partial charge < -0.3 is 19.9 Å². The summed E-state index contributed by atoms with van der Waals surface area (Å²) >= 11 is 6.06. The van der Waals surface area contributed by atoms with Gasteiger partial charge in [0.2, 0.25) is 5.91 Å². The molecule has 1 aliphatic heterocycles. The maximum atomic E-state index is 12.5. The molecule has 3 rings (SSSR count). The Hall–Kier alpha value is -2.40. The van der Waals surface area contributed by atoms with Crippen molar-refractivity contribution in [2.45, 2.75) is 0 Å². The number of piperazine rings is 1. The lowest BCUT2D eigenvalue weighted by molar-refractivity contribution is -0.129. The first kappa shape index (κ1) is 17.4. The number of anilines is 2. The van der Waals surface area contributed by atoms with Crippen LogP contribution in [-0.2, 0) is 4.79 Å². The fourth-order valence-electron chi connectivity index (χ4n) is 2.96. The smallest absolute Gasteiger partial charge is 0.241 e. The van der Waals surface area contributed by atoms with E-state index in [1.807, 2.05) is 53.4 Å². The third-order valence-corrected chi connectivity index (χ3v) is 4.58. The van der Waals surface area contributed by atoms with Gasteiger partial charge in [-0.05, 0) is 30.3 Å². The van der Waals surface area contributed by atoms with Crippen LogP contribution in [0.4, 0.5) is 11.4 Å². The van der Waals surface area contributed by atoms with E-state index in [1.165, 1.54) is 0 Å². The van der Waals surface area contributed by atoms with Gasteiger partial charge in [0.25, 0.3) is 0 Å². The van der Waals surface area contributed by atoms with E-state index in [0.29, 0.717) is 13.1 Å². The Morgan fingerprint density at radius 1 is 1.12 bits per heavy atom. The minimum atomic E-state index is 0.0941. The average molecular weight is 360 g/mol. The van der Waals surface area contributed by atoms with Crippen LogP contribution in [0.1, 0.15) is 0 Å². The molecule has 1 N–H and O–H groups in total. The molecule has 0 radical (unpaired) electrons. The Morgan fingerprint density at radius 2 is 1.88 bits per heavy atom. The van der Waals surface area contributed by atoms with Crippen LogP contribution in [0.5, 0.6) is 5.75 Å². The van der Waals surface area contributed by atoms with E-state index in [4.69, 9.17) is 16.3 Å². The maximum absolute atomic E-state index is 12.5. The average Bonchev–Trinajstić information content (AvgIpc) is 2.66. The Morgan fingerprint density at radius 3 is 2.60 bits per heavy atom. The second-order valence-electron chi connectivity index (χ2n) is 5.90. The van der Waals surface area contributed by atoms with Gasteiger partial charge in [-0.15, -0.1) is 0 Å². The molecule has 0 aliphatic carbocycles. The van der Waals surface area contributed by atoms with E-state index in [-0.39, 0.29) is 12.5 Å². The summed E-state index contributed by atoms with van der Waals surface area (Å²) in [5.41, 5.74) is 1.93. The van der Waals surface area contributed by atoms with Crippen LogP contribution < -0.4 is 15.0 Å². The number of rotatable bonds is 5. The summed E-state index contributed by atoms with van der Waals surface area (Å²) in [7, 11) is 1.62. The van der Waals surface area contributed by atoms with Crippen LogP contribution in [0.3, 0.4) is 0 Å². The van der Waals surface area contributed by atoms with Gasteiger partial charge >= 0.3 is 0 Å². The second-order valence-corrected chi connectivity index (χ2v) is 6.34. The zero-order chi connectivity index (χ0) is 17.6. The molecular formula is C19H22ClN3O2. The second kappa shape index (κ2) is 8.12. The number of hydrogen-bond acceptors (Lipinski definition) is 4. The molecule has 1 fully saturated rings. The third kappa shape index (κ3) is 4.37. The number of ether oxygens (including phenoxy) is 1. The predicted octanol–water partition coefficient (Wildman–Crippen LogP) is 3.11. The van der Waals surface area contributed by atoms with Crippen molar-refractivity contribution in [3.63, 3.8) is 0 Å². The van der Waals surface area contributed by atoms with Crippen LogP contribution in [0, 0.1) is 0 Å². The monoisotopic (exact) mass is 359 g/mol. The molecule has 1 aliphatic rings. The first-order chi connectivity index (χ1) is 12.2. The molecule has 0 unspecified atom stereocenters. The van der Waals surface area contributed by atoms with E-state index in [2.05, 4.69) is 10.2 Å². The highest BCUT2D eigenvalue weighted by molar-refractivity contribution is 6.30. The summed E-state index contributed by atoms with van der Waals surface area (Å²) in [6, 6.07) is 15.4. The van der Waals surface area contributed by atoms with Crippen molar-refractivity contribution in [2.24, 2.45) is 0 Å². The highest BCUT2D eigenvalue weighted by atomic mass is 35.5. The summed E-state index contributed by atoms with van der Waals surface area (Å²) in [5.74, 6) is 0.831. The lowest BCUT2D eigenvalue weighted by atomic mass is 10.2.